The molecule has 2 heteroatoms. The quantitative estimate of drug-likeness (QED) is 0.867. The molecule has 1 aromatic rings. The molecule has 1 fully saturated rings. The van der Waals surface area contributed by atoms with Crippen LogP contribution >= 0.6 is 0 Å². The Morgan fingerprint density at radius 2 is 1.94 bits per heavy atom. The van der Waals surface area contributed by atoms with Gasteiger partial charge in [0.05, 0.1) is 0 Å². The molecule has 0 atom stereocenters. The van der Waals surface area contributed by atoms with Crippen LogP contribution in [0.2, 0.25) is 0 Å². The summed E-state index contributed by atoms with van der Waals surface area (Å²) in [5.74, 6) is 0.222. The van der Waals surface area contributed by atoms with E-state index in [0.29, 0.717) is 6.54 Å². The average molecular weight is 245 g/mol. The fraction of sp³-hybridized carbons (Fsp3) is 0.562. The third-order valence-corrected chi connectivity index (χ3v) is 4.19. The maximum absolute atomic E-state index is 12.2. The van der Waals surface area contributed by atoms with Gasteiger partial charge < -0.3 is 5.32 Å². The number of benzene rings is 1. The van der Waals surface area contributed by atoms with Gasteiger partial charge in [-0.05, 0) is 37.8 Å². The van der Waals surface area contributed by atoms with Crippen LogP contribution in [0.15, 0.2) is 18.2 Å². The van der Waals surface area contributed by atoms with Crippen molar-refractivity contribution in [2.45, 2.75) is 53.0 Å². The van der Waals surface area contributed by atoms with E-state index in [1.54, 1.807) is 0 Å². The summed E-state index contributed by atoms with van der Waals surface area (Å²) in [6.45, 7) is 6.94. The highest BCUT2D eigenvalue weighted by molar-refractivity contribution is 5.82. The lowest BCUT2D eigenvalue weighted by atomic mass is 9.88. The number of hydrogen-bond acceptors (Lipinski definition) is 1. The number of carbonyl (C=O) groups excluding carboxylic acids is 1. The molecular formula is C16H23NO. The predicted octanol–water partition coefficient (Wildman–Crippen LogP) is 3.50. The fourth-order valence-electron chi connectivity index (χ4n) is 2.82. The highest BCUT2D eigenvalue weighted by Crippen LogP contribution is 2.37. The minimum Gasteiger partial charge on any atom is -0.352 e. The molecule has 1 aliphatic rings. The maximum Gasteiger partial charge on any atom is 0.226 e. The number of carbonyl (C=O) groups is 1. The SMILES string of the molecule is Cc1ccc(CNC(=O)C2(C)CCCC2)c(C)c1. The summed E-state index contributed by atoms with van der Waals surface area (Å²) in [5, 5.41) is 3.10. The number of rotatable bonds is 3. The lowest BCUT2D eigenvalue weighted by Crippen LogP contribution is -2.36. The van der Waals surface area contributed by atoms with Crippen LogP contribution in [0.4, 0.5) is 0 Å². The van der Waals surface area contributed by atoms with Gasteiger partial charge in [-0.2, -0.15) is 0 Å². The molecule has 1 N–H and O–H groups in total. The van der Waals surface area contributed by atoms with Gasteiger partial charge in [0.15, 0.2) is 0 Å². The molecule has 0 radical (unpaired) electrons. The molecule has 1 saturated carbocycles. The molecule has 0 aliphatic heterocycles. The molecule has 2 rings (SSSR count). The summed E-state index contributed by atoms with van der Waals surface area (Å²) in [6.07, 6.45) is 4.44. The fourth-order valence-corrected chi connectivity index (χ4v) is 2.82. The highest BCUT2D eigenvalue weighted by atomic mass is 16.2. The number of amides is 1. The van der Waals surface area contributed by atoms with Crippen LogP contribution in [0.1, 0.15) is 49.3 Å². The number of hydrogen-bond donors (Lipinski definition) is 1. The molecular weight excluding hydrogens is 222 g/mol. The second kappa shape index (κ2) is 5.13. The monoisotopic (exact) mass is 245 g/mol. The van der Waals surface area contributed by atoms with Crippen molar-refractivity contribution in [1.82, 2.24) is 5.32 Å². The van der Waals surface area contributed by atoms with Gasteiger partial charge in [0.1, 0.15) is 0 Å². The van der Waals surface area contributed by atoms with Crippen molar-refractivity contribution < 1.29 is 4.79 Å². The van der Waals surface area contributed by atoms with Crippen molar-refractivity contribution >= 4 is 5.91 Å². The first-order valence-corrected chi connectivity index (χ1v) is 6.86. The molecule has 98 valence electrons. The lowest BCUT2D eigenvalue weighted by molar-refractivity contribution is -0.130. The number of aryl methyl sites for hydroxylation is 2. The maximum atomic E-state index is 12.2. The molecule has 2 nitrogen and oxygen atoms in total. The van der Waals surface area contributed by atoms with Crippen molar-refractivity contribution in [3.05, 3.63) is 34.9 Å². The summed E-state index contributed by atoms with van der Waals surface area (Å²) >= 11 is 0. The molecule has 0 spiro atoms. The molecule has 0 aromatic heterocycles. The van der Waals surface area contributed by atoms with Gasteiger partial charge in [0.2, 0.25) is 5.91 Å². The van der Waals surface area contributed by atoms with Crippen LogP contribution in [-0.2, 0) is 11.3 Å². The minimum atomic E-state index is -0.126. The topological polar surface area (TPSA) is 29.1 Å². The van der Waals surface area contributed by atoms with Crippen molar-refractivity contribution in [2.24, 2.45) is 5.41 Å². The molecule has 1 amide bonds. The van der Waals surface area contributed by atoms with E-state index in [4.69, 9.17) is 0 Å². The van der Waals surface area contributed by atoms with E-state index >= 15 is 0 Å². The van der Waals surface area contributed by atoms with Crippen molar-refractivity contribution in [2.75, 3.05) is 0 Å². The molecule has 1 aromatic carbocycles. The lowest BCUT2D eigenvalue weighted by Gasteiger charge is -2.22. The van der Waals surface area contributed by atoms with Crippen molar-refractivity contribution in [1.29, 1.82) is 0 Å². The summed E-state index contributed by atoms with van der Waals surface area (Å²) in [5.41, 5.74) is 3.62. The Kier molecular flexibility index (Phi) is 3.74. The summed E-state index contributed by atoms with van der Waals surface area (Å²) in [7, 11) is 0. The Bertz CT molecular complexity index is 444. The summed E-state index contributed by atoms with van der Waals surface area (Å²) in [4.78, 5) is 12.2. The smallest absolute Gasteiger partial charge is 0.226 e. The molecule has 0 unspecified atom stereocenters. The summed E-state index contributed by atoms with van der Waals surface area (Å²) in [6, 6.07) is 6.38. The average Bonchev–Trinajstić information content (AvgIpc) is 2.76. The minimum absolute atomic E-state index is 0.126. The molecule has 18 heavy (non-hydrogen) atoms. The molecule has 0 bridgehead atoms. The Balaban J connectivity index is 1.97. The van der Waals surface area contributed by atoms with Gasteiger partial charge in [-0.1, -0.05) is 43.5 Å². The zero-order valence-corrected chi connectivity index (χ0v) is 11.7. The zero-order chi connectivity index (χ0) is 13.2. The van der Waals surface area contributed by atoms with E-state index < -0.39 is 0 Å². The second-order valence-electron chi connectivity index (χ2n) is 5.88. The van der Waals surface area contributed by atoms with Crippen LogP contribution in [0.5, 0.6) is 0 Å². The first-order valence-electron chi connectivity index (χ1n) is 6.86. The van der Waals surface area contributed by atoms with Crippen molar-refractivity contribution in [3.63, 3.8) is 0 Å². The first-order chi connectivity index (χ1) is 8.51. The zero-order valence-electron chi connectivity index (χ0n) is 11.7. The van der Waals surface area contributed by atoms with E-state index in [1.807, 2.05) is 0 Å². The predicted molar refractivity (Wildman–Crippen MR) is 74.3 cm³/mol. The van der Waals surface area contributed by atoms with Gasteiger partial charge in [0, 0.05) is 12.0 Å². The van der Waals surface area contributed by atoms with Gasteiger partial charge in [0.25, 0.3) is 0 Å². The van der Waals surface area contributed by atoms with Gasteiger partial charge in [-0.25, -0.2) is 0 Å². The third kappa shape index (κ3) is 2.74. The summed E-state index contributed by atoms with van der Waals surface area (Å²) < 4.78 is 0. The Labute approximate surface area is 110 Å². The molecule has 1 aliphatic carbocycles. The van der Waals surface area contributed by atoms with Crippen LogP contribution < -0.4 is 5.32 Å². The molecule has 0 saturated heterocycles. The first kappa shape index (κ1) is 13.1. The van der Waals surface area contributed by atoms with Crippen LogP contribution in [0, 0.1) is 19.3 Å². The van der Waals surface area contributed by atoms with Crippen LogP contribution in [0.25, 0.3) is 0 Å². The van der Waals surface area contributed by atoms with Crippen LogP contribution in [0.3, 0.4) is 0 Å². The van der Waals surface area contributed by atoms with Gasteiger partial charge in [-0.15, -0.1) is 0 Å². The molecule has 0 heterocycles. The highest BCUT2D eigenvalue weighted by Gasteiger charge is 2.35. The van der Waals surface area contributed by atoms with Gasteiger partial charge in [-0.3, -0.25) is 4.79 Å². The van der Waals surface area contributed by atoms with E-state index in [2.05, 4.69) is 44.3 Å². The van der Waals surface area contributed by atoms with Crippen LogP contribution in [-0.4, -0.2) is 5.91 Å². The largest absolute Gasteiger partial charge is 0.352 e. The Hall–Kier alpha value is -1.31. The van der Waals surface area contributed by atoms with E-state index in [9.17, 15) is 4.79 Å². The Morgan fingerprint density at radius 3 is 2.56 bits per heavy atom. The van der Waals surface area contributed by atoms with E-state index in [0.717, 1.165) is 12.8 Å². The van der Waals surface area contributed by atoms with Gasteiger partial charge >= 0.3 is 0 Å². The standard InChI is InChI=1S/C16H23NO/c1-12-6-7-14(13(2)10-12)11-17-15(18)16(3)8-4-5-9-16/h6-7,10H,4-5,8-9,11H2,1-3H3,(H,17,18). The van der Waals surface area contributed by atoms with E-state index in [1.165, 1.54) is 29.5 Å². The number of nitrogens with one attached hydrogen (secondary N) is 1. The van der Waals surface area contributed by atoms with E-state index in [-0.39, 0.29) is 11.3 Å². The third-order valence-electron chi connectivity index (χ3n) is 4.19. The Morgan fingerprint density at radius 1 is 1.28 bits per heavy atom. The normalized spacial score (nSPS) is 17.7. The second-order valence-corrected chi connectivity index (χ2v) is 5.88. The van der Waals surface area contributed by atoms with Crippen molar-refractivity contribution in [3.8, 4) is 0 Å².